The number of cyclic esters (lactones) is 1. The maximum atomic E-state index is 13.8. The van der Waals surface area contributed by atoms with Gasteiger partial charge in [0.2, 0.25) is 0 Å². The zero-order chi connectivity index (χ0) is 34.2. The van der Waals surface area contributed by atoms with Gasteiger partial charge in [0, 0.05) is 87.0 Å². The van der Waals surface area contributed by atoms with Crippen LogP contribution in [0.2, 0.25) is 0 Å². The Morgan fingerprint density at radius 1 is 0.854 bits per heavy atom. The number of allylic oxidation sites excluding steroid dienone is 1. The van der Waals surface area contributed by atoms with Crippen LogP contribution < -0.4 is 15.5 Å². The summed E-state index contributed by atoms with van der Waals surface area (Å²) in [6.45, 7) is 22.8. The number of fused-ring (bicyclic) bond motifs is 2. The third kappa shape index (κ3) is 5.04. The standard InChI is InChI=1S/C43H47N3O2/c1-9-19-34-38(10-2)45(13-5)29(7)40(34)36(41-30(8)46(14-6)39-23-18-16-21-35(39)41)28-43(37-22-17-15-20-33(37)42(47)48-43)31-24-26-32(27-25-31)44(11-3)12-4/h9-10,15-28H,1,11-14H2,2-8H3. The summed E-state index contributed by atoms with van der Waals surface area (Å²) in [5, 5.41) is 3.42. The Kier molecular flexibility index (Phi) is 9.07. The van der Waals surface area contributed by atoms with Gasteiger partial charge in [-0.1, -0.05) is 73.3 Å². The molecule has 2 aromatic heterocycles. The Bertz CT molecular complexity index is 2170. The van der Waals surface area contributed by atoms with Crippen molar-refractivity contribution < 1.29 is 9.53 Å². The van der Waals surface area contributed by atoms with Gasteiger partial charge in [0.05, 0.1) is 5.56 Å². The van der Waals surface area contributed by atoms with Crippen LogP contribution in [0.3, 0.4) is 0 Å². The van der Waals surface area contributed by atoms with E-state index in [1.807, 2.05) is 30.3 Å². The highest BCUT2D eigenvalue weighted by Gasteiger charge is 2.46. The third-order valence-electron chi connectivity index (χ3n) is 10.1. The number of esters is 1. The zero-order valence-corrected chi connectivity index (χ0v) is 29.4. The van der Waals surface area contributed by atoms with Gasteiger partial charge < -0.3 is 18.8 Å². The van der Waals surface area contributed by atoms with Crippen molar-refractivity contribution in [3.05, 3.63) is 141 Å². The van der Waals surface area contributed by atoms with Gasteiger partial charge in [0.25, 0.3) is 0 Å². The van der Waals surface area contributed by atoms with Crippen LogP contribution in [0.5, 0.6) is 0 Å². The normalized spacial score (nSPS) is 16.9. The SMILES string of the molecule is C=CC=c1c(C(=CC2(c3ccc(N(CC)CC)cc3)OC(=O)c3ccccc32)c2c(C)n(CC)c3ccccc23)c(C)n(CC)c1=CC. The quantitative estimate of drug-likeness (QED) is 0.145. The Balaban J connectivity index is 1.81. The number of anilines is 1. The first-order chi connectivity index (χ1) is 23.3. The zero-order valence-electron chi connectivity index (χ0n) is 29.4. The van der Waals surface area contributed by atoms with Gasteiger partial charge in [-0.25, -0.2) is 4.79 Å². The van der Waals surface area contributed by atoms with E-state index in [2.05, 4.69) is 136 Å². The van der Waals surface area contributed by atoms with Crippen molar-refractivity contribution in [2.75, 3.05) is 18.0 Å². The van der Waals surface area contributed by atoms with Crippen molar-refractivity contribution in [3.63, 3.8) is 0 Å². The highest BCUT2D eigenvalue weighted by molar-refractivity contribution is 6.01. The average molecular weight is 638 g/mol. The molecule has 6 rings (SSSR count). The van der Waals surface area contributed by atoms with Crippen LogP contribution in [0.25, 0.3) is 28.6 Å². The van der Waals surface area contributed by atoms with E-state index < -0.39 is 5.60 Å². The maximum absolute atomic E-state index is 13.8. The number of benzene rings is 3. The highest BCUT2D eigenvalue weighted by Crippen LogP contribution is 2.47. The van der Waals surface area contributed by atoms with E-state index in [9.17, 15) is 4.79 Å². The fraction of sp³-hybridized carbons (Fsp3) is 0.279. The van der Waals surface area contributed by atoms with Gasteiger partial charge in [-0.2, -0.15) is 0 Å². The second-order valence-corrected chi connectivity index (χ2v) is 12.4. The molecular formula is C43H47N3O2. The molecule has 0 spiro atoms. The molecule has 1 unspecified atom stereocenters. The predicted octanol–water partition coefficient (Wildman–Crippen LogP) is 8.26. The molecule has 0 saturated carbocycles. The summed E-state index contributed by atoms with van der Waals surface area (Å²) in [6, 6.07) is 25.0. The summed E-state index contributed by atoms with van der Waals surface area (Å²) in [7, 11) is 0. The molecule has 0 saturated heterocycles. The van der Waals surface area contributed by atoms with E-state index >= 15 is 0 Å². The molecule has 0 radical (unpaired) electrons. The lowest BCUT2D eigenvalue weighted by Gasteiger charge is -2.29. The van der Waals surface area contributed by atoms with Crippen LogP contribution in [0.4, 0.5) is 5.69 Å². The molecule has 0 bridgehead atoms. The molecule has 3 heterocycles. The minimum Gasteiger partial charge on any atom is -0.441 e. The van der Waals surface area contributed by atoms with E-state index in [1.54, 1.807) is 0 Å². The van der Waals surface area contributed by atoms with Crippen LogP contribution in [-0.4, -0.2) is 28.2 Å². The first-order valence-electron chi connectivity index (χ1n) is 17.3. The fourth-order valence-electron chi connectivity index (χ4n) is 7.94. The number of para-hydroxylation sites is 1. The van der Waals surface area contributed by atoms with Gasteiger partial charge in [-0.15, -0.1) is 0 Å². The molecule has 5 nitrogen and oxygen atoms in total. The van der Waals surface area contributed by atoms with Crippen molar-refractivity contribution in [1.82, 2.24) is 9.13 Å². The van der Waals surface area contributed by atoms with Crippen LogP contribution >= 0.6 is 0 Å². The Labute approximate surface area is 284 Å². The average Bonchev–Trinajstić information content (AvgIpc) is 3.67. The van der Waals surface area contributed by atoms with E-state index in [0.29, 0.717) is 5.56 Å². The Morgan fingerprint density at radius 2 is 1.50 bits per heavy atom. The lowest BCUT2D eigenvalue weighted by atomic mass is 9.81. The first-order valence-corrected chi connectivity index (χ1v) is 17.3. The number of rotatable bonds is 10. The third-order valence-corrected chi connectivity index (χ3v) is 10.1. The summed E-state index contributed by atoms with van der Waals surface area (Å²) in [5.74, 6) is -0.315. The number of nitrogens with zero attached hydrogens (tertiary/aromatic N) is 3. The molecule has 5 aromatic rings. The lowest BCUT2D eigenvalue weighted by Crippen LogP contribution is -2.30. The van der Waals surface area contributed by atoms with Gasteiger partial charge in [-0.05, 0) is 84.4 Å². The number of carbonyl (C=O) groups is 1. The highest BCUT2D eigenvalue weighted by atomic mass is 16.6. The van der Waals surface area contributed by atoms with Gasteiger partial charge >= 0.3 is 5.97 Å². The van der Waals surface area contributed by atoms with Crippen molar-refractivity contribution in [1.29, 1.82) is 0 Å². The molecule has 0 amide bonds. The van der Waals surface area contributed by atoms with Crippen LogP contribution in [0.15, 0.2) is 91.5 Å². The van der Waals surface area contributed by atoms with Crippen molar-refractivity contribution in [2.45, 2.75) is 67.2 Å². The molecule has 1 atom stereocenters. The minimum atomic E-state index is -1.16. The number of aryl methyl sites for hydroxylation is 1. The van der Waals surface area contributed by atoms with Crippen LogP contribution in [0, 0.1) is 13.8 Å². The summed E-state index contributed by atoms with van der Waals surface area (Å²) < 4.78 is 11.4. The van der Waals surface area contributed by atoms with Crippen molar-refractivity contribution in [3.8, 4) is 0 Å². The summed E-state index contributed by atoms with van der Waals surface area (Å²) in [6.07, 6.45) is 8.41. The second kappa shape index (κ2) is 13.2. The van der Waals surface area contributed by atoms with E-state index in [4.69, 9.17) is 4.74 Å². The number of carbonyl (C=O) groups excluding carboxylic acids is 1. The summed E-state index contributed by atoms with van der Waals surface area (Å²) in [4.78, 5) is 16.1. The fourth-order valence-corrected chi connectivity index (χ4v) is 7.94. The molecule has 1 aliphatic heterocycles. The van der Waals surface area contributed by atoms with E-state index in [1.165, 1.54) is 16.6 Å². The number of ether oxygens (including phenoxy) is 1. The van der Waals surface area contributed by atoms with Gasteiger partial charge in [0.1, 0.15) is 0 Å². The molecule has 0 fully saturated rings. The first kappa shape index (κ1) is 32.9. The smallest absolute Gasteiger partial charge is 0.340 e. The van der Waals surface area contributed by atoms with Crippen molar-refractivity contribution in [2.24, 2.45) is 0 Å². The Morgan fingerprint density at radius 3 is 2.15 bits per heavy atom. The van der Waals surface area contributed by atoms with Gasteiger partial charge in [0.15, 0.2) is 5.60 Å². The molecule has 0 N–H and O–H groups in total. The molecule has 5 heteroatoms. The molecule has 246 valence electrons. The minimum absolute atomic E-state index is 0.315. The van der Waals surface area contributed by atoms with Crippen LogP contribution in [0.1, 0.15) is 78.6 Å². The largest absolute Gasteiger partial charge is 0.441 e. The molecule has 0 aliphatic carbocycles. The number of hydrogen-bond donors (Lipinski definition) is 0. The molecule has 48 heavy (non-hydrogen) atoms. The number of hydrogen-bond acceptors (Lipinski definition) is 3. The second-order valence-electron chi connectivity index (χ2n) is 12.4. The summed E-state index contributed by atoms with van der Waals surface area (Å²) >= 11 is 0. The van der Waals surface area contributed by atoms with E-state index in [-0.39, 0.29) is 5.97 Å². The summed E-state index contributed by atoms with van der Waals surface area (Å²) in [5.41, 5.74) is 9.15. The van der Waals surface area contributed by atoms with Crippen molar-refractivity contribution >= 4 is 40.3 Å². The molecule has 3 aromatic carbocycles. The van der Waals surface area contributed by atoms with Crippen LogP contribution in [-0.2, 0) is 23.4 Å². The maximum Gasteiger partial charge on any atom is 0.340 e. The number of aromatic nitrogens is 2. The lowest BCUT2D eigenvalue weighted by molar-refractivity contribution is 0.0276. The molecule has 1 aliphatic rings. The van der Waals surface area contributed by atoms with Gasteiger partial charge in [-0.3, -0.25) is 0 Å². The predicted molar refractivity (Wildman–Crippen MR) is 201 cm³/mol. The molecular weight excluding hydrogens is 590 g/mol. The Hall–Kier alpha value is -5.03. The topological polar surface area (TPSA) is 39.4 Å². The van der Waals surface area contributed by atoms with E-state index in [0.717, 1.165) is 76.0 Å². The monoisotopic (exact) mass is 637 g/mol.